The van der Waals surface area contributed by atoms with Crippen molar-refractivity contribution >= 4 is 81.5 Å². The maximum Gasteiger partial charge on any atom is 0.326 e. The number of anilines is 3. The van der Waals surface area contributed by atoms with Crippen LogP contribution >= 0.6 is 12.2 Å². The first-order chi connectivity index (χ1) is 38.5. The molecule has 0 spiro atoms. The van der Waals surface area contributed by atoms with Crippen LogP contribution in [0.2, 0.25) is 0 Å². The van der Waals surface area contributed by atoms with Crippen molar-refractivity contribution in [3.63, 3.8) is 0 Å². The average molecular weight is 1140 g/mol. The van der Waals surface area contributed by atoms with Gasteiger partial charge in [0.1, 0.15) is 6.04 Å². The predicted molar refractivity (Wildman–Crippen MR) is 297 cm³/mol. The number of aromatic amines is 1. The zero-order chi connectivity index (χ0) is 57.7. The Bertz CT molecular complexity index is 2670. The number of carboxylic acids is 4. The number of carboxylic acid groups (broad SMARTS) is 4. The second-order valence-electron chi connectivity index (χ2n) is 18.6. The fourth-order valence-corrected chi connectivity index (χ4v) is 8.30. The number of carbonyl (C=O) groups is 6. The highest BCUT2D eigenvalue weighted by atomic mass is 32.1. The smallest absolute Gasteiger partial charge is 0.326 e. The minimum absolute atomic E-state index is 0.0444. The van der Waals surface area contributed by atoms with E-state index in [0.29, 0.717) is 141 Å². The summed E-state index contributed by atoms with van der Waals surface area (Å²) < 4.78 is 16.8. The van der Waals surface area contributed by atoms with Gasteiger partial charge in [-0.15, -0.1) is 0 Å². The molecule has 80 heavy (non-hydrogen) atoms. The van der Waals surface area contributed by atoms with Gasteiger partial charge < -0.3 is 67.0 Å². The summed E-state index contributed by atoms with van der Waals surface area (Å²) in [5.74, 6) is -5.26. The van der Waals surface area contributed by atoms with Gasteiger partial charge in [0, 0.05) is 109 Å². The van der Waals surface area contributed by atoms with Crippen molar-refractivity contribution in [2.45, 2.75) is 44.8 Å². The van der Waals surface area contributed by atoms with E-state index in [1.807, 2.05) is 24.3 Å². The summed E-state index contributed by atoms with van der Waals surface area (Å²) in [5, 5.41) is 53.2. The van der Waals surface area contributed by atoms with Crippen molar-refractivity contribution in [3.8, 4) is 0 Å². The zero-order valence-corrected chi connectivity index (χ0v) is 45.3. The van der Waals surface area contributed by atoms with Gasteiger partial charge in [0.25, 0.3) is 11.5 Å². The van der Waals surface area contributed by atoms with Crippen molar-refractivity contribution in [1.82, 2.24) is 55.5 Å². The molecule has 0 radical (unpaired) electrons. The Morgan fingerprint density at radius 3 is 1.73 bits per heavy atom. The van der Waals surface area contributed by atoms with Crippen LogP contribution in [0.1, 0.15) is 47.3 Å². The van der Waals surface area contributed by atoms with Crippen molar-refractivity contribution in [2.24, 2.45) is 0 Å². The SMILES string of the molecule is Nc1nc2ncc(CNc3ccc(C(=O)N[C@@H](CCC(=O)NCCCOCCOCCOCCCNC(=S)Nc4ccc(CN5CCN(CC(=O)O)CCN(CC(=O)O)CCN(CC(=O)O)CC5)cc4)C(=O)O)cc3)nc2c(=O)[nH]1. The van der Waals surface area contributed by atoms with E-state index >= 15 is 0 Å². The first-order valence-electron chi connectivity index (χ1n) is 26.1. The van der Waals surface area contributed by atoms with Crippen LogP contribution in [0.5, 0.6) is 0 Å². The van der Waals surface area contributed by atoms with E-state index < -0.39 is 41.4 Å². The molecule has 1 aliphatic heterocycles. The van der Waals surface area contributed by atoms with E-state index in [0.717, 1.165) is 11.3 Å². The fourth-order valence-electron chi connectivity index (χ4n) is 8.08. The molecule has 5 rings (SSSR count). The summed E-state index contributed by atoms with van der Waals surface area (Å²) in [5.41, 5.74) is 8.29. The Hall–Kier alpha value is -7.51. The molecule has 2 amide bonds. The predicted octanol–water partition coefficient (Wildman–Crippen LogP) is -0.221. The largest absolute Gasteiger partial charge is 0.480 e. The van der Waals surface area contributed by atoms with E-state index in [-0.39, 0.29) is 67.6 Å². The standard InChI is InChI=1S/C51H72N14O14S/c52-50-60-46-45(48(74)61-50)57-39(30-56-46)29-55-37-9-5-36(6-10-37)47(73)59-40(49(75)76)11-12-41(66)53-13-1-23-77-25-27-79-28-26-78-24-2-14-54-51(80)58-38-7-3-35(4-8-38)31-62-15-17-63(32-42(67)68)19-21-65(34-44(71)72)22-20-64(18-16-62)33-43(69)70/h3-10,30,40,55H,1-2,11-29,31-34H2,(H,53,66)(H,59,73)(H,67,68)(H,69,70)(H,71,72)(H,75,76)(H2,54,58,80)(H3,52,56,60,61,74)/t40-/m0/s1. The molecule has 1 atom stereocenters. The van der Waals surface area contributed by atoms with E-state index in [1.54, 1.807) is 26.8 Å². The number of nitrogens with two attached hydrogens (primary N) is 1. The number of nitrogens with zero attached hydrogens (tertiary/aromatic N) is 7. The number of amides is 2. The van der Waals surface area contributed by atoms with Gasteiger partial charge in [-0.1, -0.05) is 12.1 Å². The van der Waals surface area contributed by atoms with Gasteiger partial charge in [0.15, 0.2) is 16.3 Å². The number of hydrogen-bond donors (Lipinski definition) is 11. The summed E-state index contributed by atoms with van der Waals surface area (Å²) >= 11 is 5.48. The number of hydrogen-bond acceptors (Lipinski definition) is 20. The molecule has 4 aromatic rings. The molecule has 0 saturated carbocycles. The van der Waals surface area contributed by atoms with Gasteiger partial charge in [-0.05, 0) is 73.4 Å². The van der Waals surface area contributed by atoms with Crippen LogP contribution < -0.4 is 37.9 Å². The lowest BCUT2D eigenvalue weighted by Crippen LogP contribution is -2.48. The van der Waals surface area contributed by atoms with Gasteiger partial charge in [-0.3, -0.25) is 53.4 Å². The summed E-state index contributed by atoms with van der Waals surface area (Å²) in [4.78, 5) is 106. The number of nitrogens with one attached hydrogen (secondary N) is 6. The van der Waals surface area contributed by atoms with Crippen LogP contribution in [0.25, 0.3) is 11.2 Å². The van der Waals surface area contributed by atoms with Crippen LogP contribution in [0.4, 0.5) is 17.3 Å². The monoisotopic (exact) mass is 1140 g/mol. The molecule has 3 heterocycles. The summed E-state index contributed by atoms with van der Waals surface area (Å²) in [6, 6.07) is 12.8. The summed E-state index contributed by atoms with van der Waals surface area (Å²) in [6.45, 7) is 6.72. The molecule has 0 aliphatic carbocycles. The Labute approximate surface area is 466 Å². The topological polar surface area (TPSA) is 382 Å². The van der Waals surface area contributed by atoms with Gasteiger partial charge in [-0.25, -0.2) is 14.8 Å². The van der Waals surface area contributed by atoms with Crippen molar-refractivity contribution in [3.05, 3.63) is 81.9 Å². The molecule has 0 unspecified atom stereocenters. The molecule has 28 nitrogen and oxygen atoms in total. The molecule has 12 N–H and O–H groups in total. The Balaban J connectivity index is 0.857. The van der Waals surface area contributed by atoms with E-state index in [4.69, 9.17) is 32.2 Å². The Morgan fingerprint density at radius 1 is 0.675 bits per heavy atom. The number of aromatic nitrogens is 4. The lowest BCUT2D eigenvalue weighted by molar-refractivity contribution is -0.140. The number of ether oxygens (including phenoxy) is 3. The maximum atomic E-state index is 12.9. The molecule has 436 valence electrons. The lowest BCUT2D eigenvalue weighted by Gasteiger charge is -2.33. The van der Waals surface area contributed by atoms with Crippen LogP contribution in [0.3, 0.4) is 0 Å². The molecular formula is C51H72N14O14S. The highest BCUT2D eigenvalue weighted by molar-refractivity contribution is 7.80. The van der Waals surface area contributed by atoms with Gasteiger partial charge >= 0.3 is 23.9 Å². The molecule has 1 saturated heterocycles. The van der Waals surface area contributed by atoms with E-state index in [1.165, 1.54) is 18.3 Å². The first kappa shape index (κ1) is 63.3. The van der Waals surface area contributed by atoms with Crippen LogP contribution in [0.15, 0.2) is 59.5 Å². The second kappa shape index (κ2) is 34.5. The van der Waals surface area contributed by atoms with Crippen molar-refractivity contribution in [1.29, 1.82) is 0 Å². The quantitative estimate of drug-likeness (QED) is 0.0222. The third-order valence-corrected chi connectivity index (χ3v) is 12.5. The Kier molecular flexibility index (Phi) is 27.3. The van der Waals surface area contributed by atoms with E-state index in [9.17, 15) is 54.0 Å². The van der Waals surface area contributed by atoms with Gasteiger partial charge in [-0.2, -0.15) is 4.98 Å². The fraction of sp³-hybridized carbons (Fsp3) is 0.510. The molecule has 0 bridgehead atoms. The number of rotatable bonds is 32. The Morgan fingerprint density at radius 2 is 1.19 bits per heavy atom. The van der Waals surface area contributed by atoms with E-state index in [2.05, 4.69) is 51.4 Å². The third kappa shape index (κ3) is 24.7. The number of benzene rings is 2. The van der Waals surface area contributed by atoms with Gasteiger partial charge in [0.2, 0.25) is 11.9 Å². The highest BCUT2D eigenvalue weighted by Gasteiger charge is 2.23. The maximum absolute atomic E-state index is 12.9. The van der Waals surface area contributed by atoms with Crippen LogP contribution in [-0.2, 0) is 51.3 Å². The highest BCUT2D eigenvalue weighted by Crippen LogP contribution is 2.15. The number of fused-ring (bicyclic) bond motifs is 1. The minimum Gasteiger partial charge on any atom is -0.480 e. The summed E-state index contributed by atoms with van der Waals surface area (Å²) in [7, 11) is 0. The molecule has 1 fully saturated rings. The number of aliphatic carboxylic acids is 4. The molecule has 2 aromatic heterocycles. The normalized spacial score (nSPS) is 14.5. The first-order valence-corrected chi connectivity index (χ1v) is 26.5. The molecular weight excluding hydrogens is 1060 g/mol. The van der Waals surface area contributed by atoms with Crippen LogP contribution in [-0.4, -0.2) is 232 Å². The minimum atomic E-state index is -1.29. The second-order valence-corrected chi connectivity index (χ2v) is 19.0. The number of carbonyl (C=O) groups excluding carboxylic acids is 2. The van der Waals surface area contributed by atoms with Crippen LogP contribution in [0, 0.1) is 0 Å². The average Bonchev–Trinajstić information content (AvgIpc) is 3.42. The number of nitrogen functional groups attached to an aromatic ring is 1. The zero-order valence-electron chi connectivity index (χ0n) is 44.4. The molecule has 2 aromatic carbocycles. The number of H-pyrrole nitrogens is 1. The third-order valence-electron chi connectivity index (χ3n) is 12.3. The summed E-state index contributed by atoms with van der Waals surface area (Å²) in [6.07, 6.45) is 2.45. The number of thiocarbonyl (C=S) groups is 1. The van der Waals surface area contributed by atoms with Crippen molar-refractivity contribution < 1.29 is 63.4 Å². The lowest BCUT2D eigenvalue weighted by atomic mass is 10.1. The van der Waals surface area contributed by atoms with Gasteiger partial charge in [0.05, 0.1) is 64.5 Å². The van der Waals surface area contributed by atoms with Crippen molar-refractivity contribution in [2.75, 3.05) is 141 Å². The molecule has 1 aliphatic rings. The molecule has 29 heteroatoms.